The minimum absolute atomic E-state index is 0.107. The van der Waals surface area contributed by atoms with Crippen LogP contribution in [0.4, 0.5) is 0 Å². The Bertz CT molecular complexity index is 2070. The third-order valence-electron chi connectivity index (χ3n) is 7.08. The molecule has 0 bridgehead atoms. The van der Waals surface area contributed by atoms with E-state index in [1.54, 1.807) is 40.1 Å². The van der Waals surface area contributed by atoms with Crippen molar-refractivity contribution in [3.05, 3.63) is 92.1 Å². The summed E-state index contributed by atoms with van der Waals surface area (Å²) < 4.78 is 5.17. The maximum Gasteiger partial charge on any atom is 0.263 e. The number of nitrogens with two attached hydrogens (primary N) is 1. The van der Waals surface area contributed by atoms with Crippen LogP contribution >= 0.6 is 68.0 Å². The van der Waals surface area contributed by atoms with Gasteiger partial charge in [0.1, 0.15) is 0 Å². The molecule has 218 valence electrons. The van der Waals surface area contributed by atoms with Crippen molar-refractivity contribution in [1.29, 1.82) is 5.26 Å². The fraction of sp³-hybridized carbons (Fsp3) is 0.206. The van der Waals surface area contributed by atoms with E-state index in [0.29, 0.717) is 0 Å². The standard InChI is InChI=1S/C34H26N4S6/c1-4-5-6-7-8-9-20-12-25(40-24(20)18-34(36)38-3)27-15-30-31(42-27)17-33(44-30)32-16-29-28(43-32)14-26(41-29)23-11-10-22(39-23)13-21(19-35)37-2/h10-18H,4-9,36H2,1H3/b21-13-,34-18+. The molecule has 0 unspecified atom stereocenters. The van der Waals surface area contributed by atoms with Crippen LogP contribution in [0.5, 0.6) is 0 Å². The van der Waals surface area contributed by atoms with Crippen LogP contribution < -0.4 is 5.73 Å². The fourth-order valence-electron chi connectivity index (χ4n) is 4.91. The molecule has 6 rings (SSSR count). The van der Waals surface area contributed by atoms with Crippen molar-refractivity contribution >= 4 is 99.0 Å². The quantitative estimate of drug-likeness (QED) is 0.0840. The Kier molecular flexibility index (Phi) is 9.44. The van der Waals surface area contributed by atoms with Crippen LogP contribution in [-0.4, -0.2) is 0 Å². The van der Waals surface area contributed by atoms with Crippen molar-refractivity contribution in [2.45, 2.75) is 45.4 Å². The van der Waals surface area contributed by atoms with Crippen molar-refractivity contribution in [3.8, 4) is 35.3 Å². The Balaban J connectivity index is 1.21. The van der Waals surface area contributed by atoms with Gasteiger partial charge in [-0.15, -0.1) is 68.0 Å². The third-order valence-corrected chi connectivity index (χ3v) is 14.4. The minimum atomic E-state index is 0.107. The number of rotatable bonds is 11. The van der Waals surface area contributed by atoms with Crippen molar-refractivity contribution in [2.75, 3.05) is 0 Å². The number of allylic oxidation sites excluding steroid dienone is 1. The zero-order chi connectivity index (χ0) is 30.6. The van der Waals surface area contributed by atoms with E-state index in [-0.39, 0.29) is 11.5 Å². The van der Waals surface area contributed by atoms with Crippen LogP contribution in [-0.2, 0) is 6.42 Å². The molecule has 6 aromatic rings. The van der Waals surface area contributed by atoms with E-state index in [4.69, 9.17) is 24.1 Å². The van der Waals surface area contributed by atoms with Crippen LogP contribution in [0.3, 0.4) is 0 Å². The van der Waals surface area contributed by atoms with Crippen LogP contribution in [0.25, 0.3) is 69.9 Å². The van der Waals surface area contributed by atoms with Crippen molar-refractivity contribution in [3.63, 3.8) is 0 Å². The number of nitrogens with zero attached hydrogens (tertiary/aromatic N) is 3. The predicted octanol–water partition coefficient (Wildman–Crippen LogP) is 12.8. The lowest BCUT2D eigenvalue weighted by atomic mass is 10.1. The number of aryl methyl sites for hydroxylation is 1. The highest BCUT2D eigenvalue weighted by atomic mass is 32.1. The van der Waals surface area contributed by atoms with E-state index in [1.807, 2.05) is 52.2 Å². The molecule has 0 saturated carbocycles. The molecule has 6 aromatic heterocycles. The minimum Gasteiger partial charge on any atom is -0.365 e. The average Bonchev–Trinajstić information content (AvgIpc) is 3.85. The highest BCUT2D eigenvalue weighted by Crippen LogP contribution is 2.48. The van der Waals surface area contributed by atoms with Gasteiger partial charge in [0.25, 0.3) is 5.70 Å². The summed E-state index contributed by atoms with van der Waals surface area (Å²) in [7, 11) is 0. The first-order valence-electron chi connectivity index (χ1n) is 14.1. The first-order chi connectivity index (χ1) is 21.5. The van der Waals surface area contributed by atoms with Gasteiger partial charge >= 0.3 is 0 Å². The fourth-order valence-corrected chi connectivity index (χ4v) is 12.0. The van der Waals surface area contributed by atoms with Gasteiger partial charge < -0.3 is 10.6 Å². The second kappa shape index (κ2) is 13.6. The summed E-state index contributed by atoms with van der Waals surface area (Å²) in [6.07, 6.45) is 10.7. The number of thiophene rings is 6. The molecule has 0 atom stereocenters. The highest BCUT2D eigenvalue weighted by Gasteiger charge is 2.17. The van der Waals surface area contributed by atoms with Crippen LogP contribution in [0.1, 0.15) is 54.3 Å². The first kappa shape index (κ1) is 30.5. The van der Waals surface area contributed by atoms with Crippen molar-refractivity contribution in [1.82, 2.24) is 0 Å². The van der Waals surface area contributed by atoms with Crippen LogP contribution in [0, 0.1) is 24.5 Å². The summed E-state index contributed by atoms with van der Waals surface area (Å²) in [4.78, 5) is 16.2. The Labute approximate surface area is 280 Å². The summed E-state index contributed by atoms with van der Waals surface area (Å²) in [6, 6.07) is 17.5. The van der Waals surface area contributed by atoms with E-state index >= 15 is 0 Å². The smallest absolute Gasteiger partial charge is 0.263 e. The summed E-state index contributed by atoms with van der Waals surface area (Å²) in [5.74, 6) is 0.244. The zero-order valence-electron chi connectivity index (χ0n) is 23.8. The summed E-state index contributed by atoms with van der Waals surface area (Å²) in [6.45, 7) is 16.6. The molecule has 10 heteroatoms. The molecule has 0 spiro atoms. The Morgan fingerprint density at radius 3 is 1.84 bits per heavy atom. The number of nitriles is 1. The maximum absolute atomic E-state index is 9.05. The number of fused-ring (bicyclic) bond motifs is 2. The van der Waals surface area contributed by atoms with Gasteiger partial charge in [0.2, 0.25) is 5.82 Å². The van der Waals surface area contributed by atoms with E-state index in [9.17, 15) is 0 Å². The monoisotopic (exact) mass is 682 g/mol. The number of hydrogen-bond acceptors (Lipinski definition) is 8. The van der Waals surface area contributed by atoms with Crippen molar-refractivity contribution < 1.29 is 0 Å². The predicted molar refractivity (Wildman–Crippen MR) is 196 cm³/mol. The normalized spacial score (nSPS) is 12.1. The molecule has 4 nitrogen and oxygen atoms in total. The SMILES string of the molecule is [C-]#[N+]/C(C#N)=C\c1ccc(-c2cc3sc(-c4cc5sc(-c6cc(CCCCCCC)c(/C=C(\N)[N+]#[C-])s6)cc5s4)cc3s2)s1. The van der Waals surface area contributed by atoms with Gasteiger partial charge in [0.15, 0.2) is 0 Å². The molecular weight excluding hydrogens is 657 g/mol. The second-order valence-electron chi connectivity index (χ2n) is 10.2. The Morgan fingerprint density at radius 1 is 0.727 bits per heavy atom. The molecule has 6 heterocycles. The molecule has 0 fully saturated rings. The lowest BCUT2D eigenvalue weighted by Gasteiger charge is -2.01. The van der Waals surface area contributed by atoms with Gasteiger partial charge in [-0.2, -0.15) is 0 Å². The lowest BCUT2D eigenvalue weighted by molar-refractivity contribution is 0.632. The molecule has 0 aliphatic heterocycles. The lowest BCUT2D eigenvalue weighted by Crippen LogP contribution is -1.91. The molecule has 0 saturated heterocycles. The van der Waals surface area contributed by atoms with Crippen LogP contribution in [0.2, 0.25) is 0 Å². The average molecular weight is 683 g/mol. The van der Waals surface area contributed by atoms with Gasteiger partial charge in [-0.3, -0.25) is 0 Å². The van der Waals surface area contributed by atoms with Crippen LogP contribution in [0.15, 0.2) is 54.0 Å². The summed E-state index contributed by atoms with van der Waals surface area (Å²) in [5.41, 5.74) is 7.32. The Hall–Kier alpha value is -3.53. The Morgan fingerprint density at radius 2 is 1.30 bits per heavy atom. The maximum atomic E-state index is 9.05. The molecular formula is C34H26N4S6. The molecule has 0 radical (unpaired) electrons. The van der Waals surface area contributed by atoms with Crippen molar-refractivity contribution in [2.24, 2.45) is 5.73 Å². The third kappa shape index (κ3) is 6.60. The molecule has 0 aromatic carbocycles. The molecule has 44 heavy (non-hydrogen) atoms. The number of hydrogen-bond donors (Lipinski definition) is 1. The van der Waals surface area contributed by atoms with E-state index in [2.05, 4.69) is 53.0 Å². The van der Waals surface area contributed by atoms with Gasteiger partial charge in [-0.25, -0.2) is 10.1 Å². The summed E-state index contributed by atoms with van der Waals surface area (Å²) in [5, 5.41) is 9.05. The molecule has 0 amide bonds. The van der Waals surface area contributed by atoms with E-state index < -0.39 is 0 Å². The van der Waals surface area contributed by atoms with Gasteiger partial charge in [0, 0.05) is 57.8 Å². The molecule has 0 aliphatic rings. The van der Waals surface area contributed by atoms with E-state index in [1.165, 1.54) is 74.4 Å². The first-order valence-corrected chi connectivity index (χ1v) is 19.0. The van der Waals surface area contributed by atoms with Gasteiger partial charge in [-0.1, -0.05) is 39.2 Å². The molecule has 0 aliphatic carbocycles. The summed E-state index contributed by atoms with van der Waals surface area (Å²) >= 11 is 10.7. The highest BCUT2D eigenvalue weighted by molar-refractivity contribution is 7.36. The number of unbranched alkanes of at least 4 members (excludes halogenated alkanes) is 4. The second-order valence-corrected chi connectivity index (χ2v) is 16.7. The topological polar surface area (TPSA) is 58.5 Å². The van der Waals surface area contributed by atoms with E-state index in [0.717, 1.165) is 27.5 Å². The zero-order valence-corrected chi connectivity index (χ0v) is 28.7. The largest absolute Gasteiger partial charge is 0.365 e. The van der Waals surface area contributed by atoms with Gasteiger partial charge in [0.05, 0.1) is 12.6 Å². The van der Waals surface area contributed by atoms with Gasteiger partial charge in [-0.05, 0) is 73.0 Å². The molecule has 2 N–H and O–H groups in total.